The molecule has 1 aliphatic heterocycles. The van der Waals surface area contributed by atoms with Gasteiger partial charge in [0.25, 0.3) is 0 Å². The lowest BCUT2D eigenvalue weighted by Gasteiger charge is -2.34. The van der Waals surface area contributed by atoms with E-state index in [4.69, 9.17) is 10.5 Å². The van der Waals surface area contributed by atoms with E-state index < -0.39 is 17.8 Å². The topological polar surface area (TPSA) is 109 Å². The minimum Gasteiger partial charge on any atom is -0.493 e. The molecule has 40 heavy (non-hydrogen) atoms. The Hall–Kier alpha value is -4.34. The summed E-state index contributed by atoms with van der Waals surface area (Å²) in [4.78, 5) is 24.9. The fraction of sp³-hybridized carbons (Fsp3) is 0.321. The molecule has 1 saturated heterocycles. The third kappa shape index (κ3) is 7.62. The van der Waals surface area contributed by atoms with Crippen LogP contribution in [0.2, 0.25) is 0 Å². The van der Waals surface area contributed by atoms with Crippen LogP contribution in [-0.2, 0) is 12.7 Å². The van der Waals surface area contributed by atoms with Crippen molar-refractivity contribution in [1.29, 1.82) is 0 Å². The summed E-state index contributed by atoms with van der Waals surface area (Å²) in [6.07, 6.45) is -1.60. The second-order valence-electron chi connectivity index (χ2n) is 9.15. The number of methoxy groups -OCH3 is 1. The number of alkyl halides is 3. The zero-order chi connectivity index (χ0) is 28.7. The summed E-state index contributed by atoms with van der Waals surface area (Å²) in [5, 5.41) is 4.99. The molecule has 2 aromatic heterocycles. The summed E-state index contributed by atoms with van der Waals surface area (Å²) in [6, 6.07) is 7.95. The number of urea groups is 1. The molecule has 0 radical (unpaired) electrons. The second-order valence-corrected chi connectivity index (χ2v) is 9.15. The minimum absolute atomic E-state index is 0.0186. The summed E-state index contributed by atoms with van der Waals surface area (Å²) in [7, 11) is 1.48. The van der Waals surface area contributed by atoms with Crippen molar-refractivity contribution < 1.29 is 22.7 Å². The largest absolute Gasteiger partial charge is 0.493 e. The molecule has 1 aromatic carbocycles. The minimum atomic E-state index is -4.56. The maximum absolute atomic E-state index is 13.9. The summed E-state index contributed by atoms with van der Waals surface area (Å²) < 4.78 is 46.8. The number of aromatic nitrogens is 2. The van der Waals surface area contributed by atoms with E-state index in [0.29, 0.717) is 30.0 Å². The Morgan fingerprint density at radius 1 is 1.02 bits per heavy atom. The Kier molecular flexibility index (Phi) is 9.08. The van der Waals surface area contributed by atoms with Gasteiger partial charge in [0.05, 0.1) is 12.7 Å². The Morgan fingerprint density at radius 2 is 1.75 bits per heavy atom. The quantitative estimate of drug-likeness (QED) is 0.392. The number of hydrogen-bond donors (Lipinski definition) is 3. The first-order valence-corrected chi connectivity index (χ1v) is 12.6. The SMILES string of the molecule is CCN1CCN(Cc2ccc(NC(=O)Nc3cc(C#Cc4cnc(N)c(OC)c4)ccn3)cc2C(F)(F)F)CC1. The zero-order valence-electron chi connectivity index (χ0n) is 22.2. The number of amides is 2. The number of nitrogens with one attached hydrogen (secondary N) is 2. The van der Waals surface area contributed by atoms with Gasteiger partial charge in [-0.15, -0.1) is 0 Å². The molecule has 0 bridgehead atoms. The van der Waals surface area contributed by atoms with Crippen LogP contribution in [0.3, 0.4) is 0 Å². The third-order valence-corrected chi connectivity index (χ3v) is 6.43. The lowest BCUT2D eigenvalue weighted by Crippen LogP contribution is -2.45. The Labute approximate surface area is 230 Å². The molecular weight excluding hydrogens is 523 g/mol. The van der Waals surface area contributed by atoms with E-state index in [1.54, 1.807) is 12.1 Å². The highest BCUT2D eigenvalue weighted by Gasteiger charge is 2.34. The number of carbonyl (C=O) groups is 1. The molecule has 2 amide bonds. The van der Waals surface area contributed by atoms with Crippen molar-refractivity contribution in [3.8, 4) is 17.6 Å². The first kappa shape index (κ1) is 28.7. The highest BCUT2D eigenvalue weighted by molar-refractivity contribution is 5.99. The number of piperazine rings is 1. The van der Waals surface area contributed by atoms with E-state index in [-0.39, 0.29) is 29.4 Å². The van der Waals surface area contributed by atoms with Gasteiger partial charge in [-0.25, -0.2) is 14.8 Å². The van der Waals surface area contributed by atoms with Crippen molar-refractivity contribution in [1.82, 2.24) is 19.8 Å². The summed E-state index contributed by atoms with van der Waals surface area (Å²) in [5.74, 6) is 6.69. The number of rotatable bonds is 6. The van der Waals surface area contributed by atoms with Crippen LogP contribution in [0.1, 0.15) is 29.2 Å². The van der Waals surface area contributed by atoms with Crippen molar-refractivity contribution in [3.63, 3.8) is 0 Å². The van der Waals surface area contributed by atoms with Crippen LogP contribution in [0.15, 0.2) is 48.8 Å². The van der Waals surface area contributed by atoms with E-state index >= 15 is 0 Å². The van der Waals surface area contributed by atoms with Crippen molar-refractivity contribution in [2.24, 2.45) is 0 Å². The molecule has 3 aromatic rings. The maximum atomic E-state index is 13.9. The summed E-state index contributed by atoms with van der Waals surface area (Å²) in [6.45, 7) is 6.24. The molecular formula is C28H30F3N7O2. The van der Waals surface area contributed by atoms with Gasteiger partial charge < -0.3 is 20.7 Å². The number of nitrogen functional groups attached to an aromatic ring is 1. The normalized spacial score (nSPS) is 14.2. The lowest BCUT2D eigenvalue weighted by atomic mass is 10.0. The molecule has 12 heteroatoms. The Bertz CT molecular complexity index is 1410. The van der Waals surface area contributed by atoms with Gasteiger partial charge in [-0.05, 0) is 36.4 Å². The van der Waals surface area contributed by atoms with Gasteiger partial charge in [0.15, 0.2) is 11.6 Å². The Balaban J connectivity index is 1.42. The highest BCUT2D eigenvalue weighted by Crippen LogP contribution is 2.34. The predicted octanol–water partition coefficient (Wildman–Crippen LogP) is 4.27. The molecule has 4 N–H and O–H groups in total. The molecule has 0 aliphatic carbocycles. The number of benzene rings is 1. The fourth-order valence-corrected chi connectivity index (χ4v) is 4.25. The van der Waals surface area contributed by atoms with Gasteiger partial charge in [0.2, 0.25) is 0 Å². The zero-order valence-corrected chi connectivity index (χ0v) is 22.2. The lowest BCUT2D eigenvalue weighted by molar-refractivity contribution is -0.138. The number of anilines is 3. The molecule has 210 valence electrons. The standard InChI is InChI=1S/C28H30F3N7O2/c1-3-37-10-12-38(13-11-37)18-21-6-7-22(16-23(21)28(29,30)31)35-27(39)36-25-15-19(8-9-33-25)4-5-20-14-24(40-2)26(32)34-17-20/h6-9,14-17H,3,10-13,18H2,1-2H3,(H2,32,34)(H2,33,35,36,39). The molecule has 0 unspecified atom stereocenters. The third-order valence-electron chi connectivity index (χ3n) is 6.43. The van der Waals surface area contributed by atoms with Crippen LogP contribution in [0.4, 0.5) is 35.3 Å². The predicted molar refractivity (Wildman–Crippen MR) is 147 cm³/mol. The molecule has 3 heterocycles. The van der Waals surface area contributed by atoms with Crippen LogP contribution < -0.4 is 21.1 Å². The van der Waals surface area contributed by atoms with Crippen molar-refractivity contribution >= 4 is 23.4 Å². The molecule has 1 fully saturated rings. The average Bonchev–Trinajstić information content (AvgIpc) is 2.93. The average molecular weight is 554 g/mol. The fourth-order valence-electron chi connectivity index (χ4n) is 4.25. The van der Waals surface area contributed by atoms with Gasteiger partial charge in [-0.2, -0.15) is 13.2 Å². The second kappa shape index (κ2) is 12.7. The number of likely N-dealkylation sites (N-methyl/N-ethyl adjacent to an activating group) is 1. The van der Waals surface area contributed by atoms with Crippen molar-refractivity contribution in [2.75, 3.05) is 56.2 Å². The first-order chi connectivity index (χ1) is 19.1. The number of pyridine rings is 2. The maximum Gasteiger partial charge on any atom is 0.416 e. The first-order valence-electron chi connectivity index (χ1n) is 12.6. The van der Waals surface area contributed by atoms with Gasteiger partial charge in [-0.3, -0.25) is 10.2 Å². The van der Waals surface area contributed by atoms with Crippen LogP contribution in [0.25, 0.3) is 0 Å². The summed E-state index contributed by atoms with van der Waals surface area (Å²) >= 11 is 0. The van der Waals surface area contributed by atoms with Crippen LogP contribution in [0, 0.1) is 11.8 Å². The summed E-state index contributed by atoms with van der Waals surface area (Å²) in [5.41, 5.74) is 6.25. The van der Waals surface area contributed by atoms with E-state index in [1.807, 2.05) is 4.90 Å². The van der Waals surface area contributed by atoms with Gasteiger partial charge in [0, 0.05) is 68.0 Å². The number of halogens is 3. The molecule has 0 saturated carbocycles. The van der Waals surface area contributed by atoms with Crippen molar-refractivity contribution in [2.45, 2.75) is 19.6 Å². The Morgan fingerprint density at radius 3 is 2.45 bits per heavy atom. The number of nitrogens with zero attached hydrogens (tertiary/aromatic N) is 4. The monoisotopic (exact) mass is 553 g/mol. The van der Waals surface area contributed by atoms with Gasteiger partial charge in [0.1, 0.15) is 5.82 Å². The van der Waals surface area contributed by atoms with E-state index in [0.717, 1.165) is 25.7 Å². The molecule has 0 spiro atoms. The highest BCUT2D eigenvalue weighted by atomic mass is 19.4. The van der Waals surface area contributed by atoms with Crippen LogP contribution in [0.5, 0.6) is 5.75 Å². The van der Waals surface area contributed by atoms with Gasteiger partial charge in [-0.1, -0.05) is 24.8 Å². The molecule has 1 aliphatic rings. The van der Waals surface area contributed by atoms with Crippen LogP contribution >= 0.6 is 0 Å². The number of carbonyl (C=O) groups excluding carboxylic acids is 1. The number of ether oxygens (including phenoxy) is 1. The number of hydrogen-bond acceptors (Lipinski definition) is 7. The van der Waals surface area contributed by atoms with E-state index in [2.05, 4.69) is 44.3 Å². The molecule has 4 rings (SSSR count). The van der Waals surface area contributed by atoms with E-state index in [1.165, 1.54) is 37.7 Å². The van der Waals surface area contributed by atoms with E-state index in [9.17, 15) is 18.0 Å². The molecule has 0 atom stereocenters. The molecule has 9 nitrogen and oxygen atoms in total. The smallest absolute Gasteiger partial charge is 0.416 e. The van der Waals surface area contributed by atoms with Crippen molar-refractivity contribution in [3.05, 3.63) is 71.0 Å². The van der Waals surface area contributed by atoms with Crippen LogP contribution in [-0.4, -0.2) is 65.6 Å². The number of nitrogens with two attached hydrogens (primary N) is 1. The van der Waals surface area contributed by atoms with Gasteiger partial charge >= 0.3 is 12.2 Å².